The molecule has 1 saturated heterocycles. The number of anilines is 1. The number of fused-ring (bicyclic) bond motifs is 1. The molecule has 2 N–H and O–H groups in total. The Balaban J connectivity index is 1.27. The zero-order valence-electron chi connectivity index (χ0n) is 21.1. The van der Waals surface area contributed by atoms with Gasteiger partial charge in [0.05, 0.1) is 18.4 Å². The fourth-order valence-corrected chi connectivity index (χ4v) is 4.88. The number of hydrogen-bond donors (Lipinski definition) is 2. The highest BCUT2D eigenvalue weighted by Crippen LogP contribution is 2.27. The molecule has 0 unspecified atom stereocenters. The smallest absolute Gasteiger partial charge is 0.328 e. The molecule has 0 spiro atoms. The number of nitrogens with zero attached hydrogens (tertiary/aromatic N) is 6. The molecular formula is C28H30N8O. The first-order chi connectivity index (χ1) is 18.1. The van der Waals surface area contributed by atoms with E-state index < -0.39 is 0 Å². The van der Waals surface area contributed by atoms with Gasteiger partial charge in [-0.2, -0.15) is 5.10 Å². The molecule has 0 bridgehead atoms. The molecule has 37 heavy (non-hydrogen) atoms. The Morgan fingerprint density at radius 3 is 2.57 bits per heavy atom. The number of aromatic nitrogens is 6. The normalized spacial score (nSPS) is 14.1. The van der Waals surface area contributed by atoms with Crippen molar-refractivity contribution in [3.05, 3.63) is 88.6 Å². The van der Waals surface area contributed by atoms with E-state index in [1.807, 2.05) is 53.3 Å². The van der Waals surface area contributed by atoms with E-state index in [1.165, 1.54) is 5.56 Å². The average Bonchev–Trinajstić information content (AvgIpc) is 3.54. The van der Waals surface area contributed by atoms with E-state index in [9.17, 15) is 4.79 Å². The number of rotatable bonds is 6. The minimum atomic E-state index is -0.199. The minimum Gasteiger partial charge on any atom is -0.353 e. The lowest BCUT2D eigenvalue weighted by molar-refractivity contribution is 0.583. The van der Waals surface area contributed by atoms with E-state index in [2.05, 4.69) is 46.2 Å². The molecule has 0 radical (unpaired) electrons. The van der Waals surface area contributed by atoms with Crippen LogP contribution in [0.4, 0.5) is 5.82 Å². The molecule has 0 saturated carbocycles. The molecule has 5 aromatic rings. The first-order valence-corrected chi connectivity index (χ1v) is 12.7. The van der Waals surface area contributed by atoms with E-state index in [0.29, 0.717) is 29.5 Å². The van der Waals surface area contributed by atoms with Crippen LogP contribution in [0.25, 0.3) is 28.2 Å². The molecule has 0 amide bonds. The maximum absolute atomic E-state index is 12.8. The summed E-state index contributed by atoms with van der Waals surface area (Å²) in [6, 6.07) is 18.3. The zero-order valence-corrected chi connectivity index (χ0v) is 21.1. The van der Waals surface area contributed by atoms with Crippen LogP contribution >= 0.6 is 0 Å². The largest absolute Gasteiger partial charge is 0.353 e. The Kier molecular flexibility index (Phi) is 6.05. The Hall–Kier alpha value is -4.24. The van der Waals surface area contributed by atoms with Gasteiger partial charge in [-0.05, 0) is 29.2 Å². The van der Waals surface area contributed by atoms with Gasteiger partial charge >= 0.3 is 5.69 Å². The number of benzene rings is 2. The summed E-state index contributed by atoms with van der Waals surface area (Å²) in [6.45, 7) is 8.60. The van der Waals surface area contributed by atoms with Crippen LogP contribution in [0.3, 0.4) is 0 Å². The number of H-pyrrole nitrogens is 1. The fourth-order valence-electron chi connectivity index (χ4n) is 4.88. The molecule has 3 aromatic heterocycles. The third-order valence-corrected chi connectivity index (χ3v) is 6.89. The summed E-state index contributed by atoms with van der Waals surface area (Å²) < 4.78 is 3.56. The summed E-state index contributed by atoms with van der Waals surface area (Å²) in [5, 5.41) is 8.13. The monoisotopic (exact) mass is 494 g/mol. The van der Waals surface area contributed by atoms with Crippen molar-refractivity contribution in [3.8, 4) is 17.1 Å². The summed E-state index contributed by atoms with van der Waals surface area (Å²) in [5.74, 6) is 1.95. The number of piperazine rings is 1. The van der Waals surface area contributed by atoms with Gasteiger partial charge in [0.1, 0.15) is 5.52 Å². The van der Waals surface area contributed by atoms with Crippen LogP contribution in [0.2, 0.25) is 0 Å². The molecule has 1 aliphatic heterocycles. The van der Waals surface area contributed by atoms with E-state index in [0.717, 1.165) is 48.8 Å². The lowest BCUT2D eigenvalue weighted by atomic mass is 9.97. The second kappa shape index (κ2) is 9.67. The highest BCUT2D eigenvalue weighted by atomic mass is 16.1. The van der Waals surface area contributed by atoms with E-state index in [1.54, 1.807) is 10.8 Å². The fraction of sp³-hybridized carbons (Fsp3) is 0.286. The van der Waals surface area contributed by atoms with Gasteiger partial charge < -0.3 is 15.2 Å². The lowest BCUT2D eigenvalue weighted by Gasteiger charge is -2.27. The molecule has 188 valence electrons. The van der Waals surface area contributed by atoms with Crippen molar-refractivity contribution in [1.82, 2.24) is 34.6 Å². The average molecular weight is 495 g/mol. The Bertz CT molecular complexity index is 1590. The summed E-state index contributed by atoms with van der Waals surface area (Å²) in [4.78, 5) is 27.4. The second-order valence-corrected chi connectivity index (χ2v) is 9.71. The van der Waals surface area contributed by atoms with Crippen LogP contribution in [-0.2, 0) is 6.54 Å². The second-order valence-electron chi connectivity index (χ2n) is 9.71. The van der Waals surface area contributed by atoms with Crippen molar-refractivity contribution in [2.24, 2.45) is 0 Å². The Morgan fingerprint density at radius 2 is 1.78 bits per heavy atom. The van der Waals surface area contributed by atoms with Gasteiger partial charge in [-0.3, -0.25) is 4.57 Å². The van der Waals surface area contributed by atoms with Gasteiger partial charge in [0.2, 0.25) is 0 Å². The van der Waals surface area contributed by atoms with Crippen LogP contribution in [-0.4, -0.2) is 55.5 Å². The third-order valence-electron chi connectivity index (χ3n) is 6.89. The summed E-state index contributed by atoms with van der Waals surface area (Å²) >= 11 is 0. The quantitative estimate of drug-likeness (QED) is 0.375. The van der Waals surface area contributed by atoms with Gasteiger partial charge in [0.25, 0.3) is 0 Å². The predicted molar refractivity (Wildman–Crippen MR) is 145 cm³/mol. The van der Waals surface area contributed by atoms with Gasteiger partial charge in [0, 0.05) is 44.0 Å². The highest BCUT2D eigenvalue weighted by Gasteiger charge is 2.16. The summed E-state index contributed by atoms with van der Waals surface area (Å²) in [6.07, 6.45) is 3.69. The molecule has 1 fully saturated rings. The van der Waals surface area contributed by atoms with Crippen LogP contribution < -0.4 is 15.9 Å². The SMILES string of the molecule is CC(C)c1ccccc1-c1ncc2[nH]c(=O)n(Cc3ccc(-n4ccc(N5CCNCC5)n4)cc3)c2n1. The van der Waals surface area contributed by atoms with Crippen LogP contribution in [0, 0.1) is 0 Å². The summed E-state index contributed by atoms with van der Waals surface area (Å²) in [5.41, 5.74) is 5.18. The van der Waals surface area contributed by atoms with Gasteiger partial charge in [-0.25, -0.2) is 19.4 Å². The number of aromatic amines is 1. The Labute approximate surface area is 214 Å². The van der Waals surface area contributed by atoms with E-state index >= 15 is 0 Å². The third kappa shape index (κ3) is 4.53. The standard InChI is InChI=1S/C28H30N8O/c1-19(2)22-5-3-4-6-23(22)26-30-17-24-27(32-26)35(28(37)31-24)18-20-7-9-21(10-8-20)36-14-11-25(33-36)34-15-12-29-13-16-34/h3-11,14,17,19,29H,12-13,15-16,18H2,1-2H3,(H,31,37). The van der Waals surface area contributed by atoms with Crippen LogP contribution in [0.1, 0.15) is 30.9 Å². The predicted octanol–water partition coefficient (Wildman–Crippen LogP) is 3.55. The highest BCUT2D eigenvalue weighted by molar-refractivity contribution is 5.73. The molecule has 6 rings (SSSR count). The Morgan fingerprint density at radius 1 is 1.00 bits per heavy atom. The first-order valence-electron chi connectivity index (χ1n) is 12.7. The zero-order chi connectivity index (χ0) is 25.4. The molecule has 2 aromatic carbocycles. The molecule has 1 aliphatic rings. The molecule has 9 nitrogen and oxygen atoms in total. The van der Waals surface area contributed by atoms with Crippen molar-refractivity contribution in [2.75, 3.05) is 31.1 Å². The summed E-state index contributed by atoms with van der Waals surface area (Å²) in [7, 11) is 0. The van der Waals surface area contributed by atoms with Gasteiger partial charge in [-0.15, -0.1) is 0 Å². The van der Waals surface area contributed by atoms with Crippen molar-refractivity contribution >= 4 is 17.0 Å². The van der Waals surface area contributed by atoms with Crippen molar-refractivity contribution in [2.45, 2.75) is 26.3 Å². The number of imidazole rings is 1. The molecule has 9 heteroatoms. The van der Waals surface area contributed by atoms with Crippen molar-refractivity contribution in [1.29, 1.82) is 0 Å². The minimum absolute atomic E-state index is 0.199. The maximum Gasteiger partial charge on any atom is 0.328 e. The van der Waals surface area contributed by atoms with Gasteiger partial charge in [-0.1, -0.05) is 50.2 Å². The number of nitrogens with one attached hydrogen (secondary N) is 2. The van der Waals surface area contributed by atoms with Crippen molar-refractivity contribution < 1.29 is 0 Å². The van der Waals surface area contributed by atoms with Crippen molar-refractivity contribution in [3.63, 3.8) is 0 Å². The van der Waals surface area contributed by atoms with E-state index in [-0.39, 0.29) is 5.69 Å². The maximum atomic E-state index is 12.8. The molecular weight excluding hydrogens is 464 g/mol. The molecule has 0 aliphatic carbocycles. The van der Waals surface area contributed by atoms with Crippen LogP contribution in [0.5, 0.6) is 0 Å². The van der Waals surface area contributed by atoms with E-state index in [4.69, 9.17) is 10.1 Å². The van der Waals surface area contributed by atoms with Crippen LogP contribution in [0.15, 0.2) is 71.8 Å². The number of hydrogen-bond acceptors (Lipinski definition) is 6. The molecule has 0 atom stereocenters. The lowest BCUT2D eigenvalue weighted by Crippen LogP contribution is -2.43. The first kappa shape index (κ1) is 23.2. The molecule has 4 heterocycles. The van der Waals surface area contributed by atoms with Gasteiger partial charge in [0.15, 0.2) is 17.3 Å². The topological polar surface area (TPSA) is 96.7 Å².